The van der Waals surface area contributed by atoms with E-state index in [4.69, 9.17) is 0 Å². The van der Waals surface area contributed by atoms with Crippen LogP contribution in [0, 0.1) is 5.92 Å². The van der Waals surface area contributed by atoms with Gasteiger partial charge >= 0.3 is 6.18 Å². The number of nitrogens with zero attached hydrogens (tertiary/aromatic N) is 3. The highest BCUT2D eigenvalue weighted by atomic mass is 19.4. The normalized spacial score (nSPS) is 19.5. The van der Waals surface area contributed by atoms with Gasteiger partial charge in [0.2, 0.25) is 0 Å². The van der Waals surface area contributed by atoms with Crippen LogP contribution < -0.4 is 4.90 Å². The number of halogens is 3. The Hall–Kier alpha value is -1.30. The van der Waals surface area contributed by atoms with Gasteiger partial charge < -0.3 is 9.80 Å². The van der Waals surface area contributed by atoms with Crippen molar-refractivity contribution < 1.29 is 13.2 Å². The Labute approximate surface area is 123 Å². The molecular formula is C15H22F3N3. The summed E-state index contributed by atoms with van der Waals surface area (Å²) >= 11 is 0. The molecule has 0 amide bonds. The minimum absolute atomic E-state index is 0.0747. The number of hydrogen-bond acceptors (Lipinski definition) is 3. The molecule has 6 heteroatoms. The van der Waals surface area contributed by atoms with E-state index < -0.39 is 11.7 Å². The van der Waals surface area contributed by atoms with Crippen molar-refractivity contribution in [1.29, 1.82) is 0 Å². The average Bonchev–Trinajstić information content (AvgIpc) is 2.86. The van der Waals surface area contributed by atoms with Crippen LogP contribution in [0.4, 0.5) is 19.0 Å². The van der Waals surface area contributed by atoms with Crippen molar-refractivity contribution in [2.75, 3.05) is 38.1 Å². The molecule has 1 aliphatic rings. The number of pyridine rings is 1. The van der Waals surface area contributed by atoms with E-state index in [0.717, 1.165) is 32.0 Å². The summed E-state index contributed by atoms with van der Waals surface area (Å²) in [5.74, 6) is 0.482. The molecule has 0 spiro atoms. The fraction of sp³-hybridized carbons (Fsp3) is 0.667. The second kappa shape index (κ2) is 6.64. The van der Waals surface area contributed by atoms with E-state index in [9.17, 15) is 13.2 Å². The number of rotatable bonds is 5. The average molecular weight is 301 g/mol. The Morgan fingerprint density at radius 3 is 2.86 bits per heavy atom. The molecule has 1 aromatic rings. The second-order valence-corrected chi connectivity index (χ2v) is 5.74. The van der Waals surface area contributed by atoms with E-state index in [1.807, 2.05) is 0 Å². The molecule has 2 heterocycles. The molecule has 0 N–H and O–H groups in total. The minimum atomic E-state index is -4.35. The summed E-state index contributed by atoms with van der Waals surface area (Å²) in [5.41, 5.74) is -0.632. The minimum Gasteiger partial charge on any atom is -0.356 e. The molecule has 1 aromatic heterocycles. The molecule has 0 aliphatic carbocycles. The van der Waals surface area contributed by atoms with Crippen LogP contribution in [-0.2, 0) is 6.18 Å². The fourth-order valence-corrected chi connectivity index (χ4v) is 2.96. The summed E-state index contributed by atoms with van der Waals surface area (Å²) in [6.45, 7) is 5.37. The van der Waals surface area contributed by atoms with Crippen molar-refractivity contribution in [3.05, 3.63) is 23.9 Å². The maximum atomic E-state index is 13.0. The molecule has 1 saturated heterocycles. The van der Waals surface area contributed by atoms with E-state index >= 15 is 0 Å². The van der Waals surface area contributed by atoms with Crippen LogP contribution in [0.2, 0.25) is 0 Å². The summed E-state index contributed by atoms with van der Waals surface area (Å²) < 4.78 is 39.1. The Balaban J connectivity index is 2.05. The Morgan fingerprint density at radius 1 is 1.43 bits per heavy atom. The van der Waals surface area contributed by atoms with Gasteiger partial charge in [0.1, 0.15) is 5.82 Å². The van der Waals surface area contributed by atoms with E-state index in [0.29, 0.717) is 19.0 Å². The highest BCUT2D eigenvalue weighted by Gasteiger charge is 2.37. The monoisotopic (exact) mass is 301 g/mol. The van der Waals surface area contributed by atoms with Gasteiger partial charge in [0, 0.05) is 25.8 Å². The lowest BCUT2D eigenvalue weighted by atomic mass is 10.1. The Kier molecular flexibility index (Phi) is 5.08. The lowest BCUT2D eigenvalue weighted by molar-refractivity contribution is -0.137. The van der Waals surface area contributed by atoms with Gasteiger partial charge in [0.05, 0.1) is 5.56 Å². The van der Waals surface area contributed by atoms with Gasteiger partial charge in [-0.15, -0.1) is 0 Å². The lowest BCUT2D eigenvalue weighted by Gasteiger charge is -2.23. The van der Waals surface area contributed by atoms with E-state index in [1.165, 1.54) is 12.3 Å². The van der Waals surface area contributed by atoms with Gasteiger partial charge in [0.15, 0.2) is 0 Å². The third-order valence-electron chi connectivity index (χ3n) is 3.85. The Morgan fingerprint density at radius 2 is 2.19 bits per heavy atom. The first kappa shape index (κ1) is 16.1. The highest BCUT2D eigenvalue weighted by molar-refractivity contribution is 5.49. The SMILES string of the molecule is CCCN(C)CC1CCN(c2ncccc2C(F)(F)F)C1. The van der Waals surface area contributed by atoms with Gasteiger partial charge in [-0.05, 0) is 44.5 Å². The zero-order valence-electron chi connectivity index (χ0n) is 12.5. The molecule has 0 radical (unpaired) electrons. The topological polar surface area (TPSA) is 19.4 Å². The quantitative estimate of drug-likeness (QED) is 0.832. The molecule has 1 unspecified atom stereocenters. The zero-order valence-corrected chi connectivity index (χ0v) is 12.5. The van der Waals surface area contributed by atoms with Gasteiger partial charge in [-0.2, -0.15) is 13.2 Å². The third kappa shape index (κ3) is 4.09. The first-order chi connectivity index (χ1) is 9.91. The molecule has 0 bridgehead atoms. The van der Waals surface area contributed by atoms with Crippen LogP contribution in [0.15, 0.2) is 18.3 Å². The summed E-state index contributed by atoms with van der Waals surface area (Å²) in [6.07, 6.45) is -0.908. The molecule has 0 saturated carbocycles. The molecule has 2 rings (SSSR count). The fourth-order valence-electron chi connectivity index (χ4n) is 2.96. The predicted octanol–water partition coefficient (Wildman–Crippen LogP) is 3.27. The molecule has 3 nitrogen and oxygen atoms in total. The van der Waals surface area contributed by atoms with Crippen LogP contribution in [0.3, 0.4) is 0 Å². The smallest absolute Gasteiger partial charge is 0.356 e. The summed E-state index contributed by atoms with van der Waals surface area (Å²) in [5, 5.41) is 0. The number of anilines is 1. The first-order valence-corrected chi connectivity index (χ1v) is 7.37. The molecule has 1 fully saturated rings. The maximum Gasteiger partial charge on any atom is 0.419 e. The molecule has 0 aromatic carbocycles. The highest BCUT2D eigenvalue weighted by Crippen LogP contribution is 2.36. The number of aromatic nitrogens is 1. The van der Waals surface area contributed by atoms with Crippen LogP contribution in [0.25, 0.3) is 0 Å². The van der Waals surface area contributed by atoms with Gasteiger partial charge in [0.25, 0.3) is 0 Å². The zero-order chi connectivity index (χ0) is 15.5. The largest absolute Gasteiger partial charge is 0.419 e. The molecule has 21 heavy (non-hydrogen) atoms. The number of alkyl halides is 3. The standard InChI is InChI=1S/C15H22F3N3/c1-3-8-20(2)10-12-6-9-21(11-12)14-13(15(16,17)18)5-4-7-19-14/h4-5,7,12H,3,6,8-11H2,1-2H3. The summed E-state index contributed by atoms with van der Waals surface area (Å²) in [6, 6.07) is 2.45. The van der Waals surface area contributed by atoms with Gasteiger partial charge in [-0.25, -0.2) is 4.98 Å². The third-order valence-corrected chi connectivity index (χ3v) is 3.85. The first-order valence-electron chi connectivity index (χ1n) is 7.37. The summed E-state index contributed by atoms with van der Waals surface area (Å²) in [4.78, 5) is 7.99. The van der Waals surface area contributed by atoms with Gasteiger partial charge in [-0.3, -0.25) is 0 Å². The van der Waals surface area contributed by atoms with E-state index in [1.54, 1.807) is 4.90 Å². The van der Waals surface area contributed by atoms with Crippen molar-refractivity contribution in [2.45, 2.75) is 25.9 Å². The molecule has 1 aliphatic heterocycles. The Bertz CT molecular complexity index is 462. The van der Waals surface area contributed by atoms with Crippen LogP contribution >= 0.6 is 0 Å². The molecule has 118 valence electrons. The van der Waals surface area contributed by atoms with E-state index in [2.05, 4.69) is 23.9 Å². The molecular weight excluding hydrogens is 279 g/mol. The van der Waals surface area contributed by atoms with E-state index in [-0.39, 0.29) is 5.82 Å². The number of hydrogen-bond donors (Lipinski definition) is 0. The molecule has 1 atom stereocenters. The second-order valence-electron chi connectivity index (χ2n) is 5.74. The van der Waals surface area contributed by atoms with Crippen molar-refractivity contribution in [3.8, 4) is 0 Å². The lowest BCUT2D eigenvalue weighted by Crippen LogP contribution is -2.29. The van der Waals surface area contributed by atoms with Crippen molar-refractivity contribution in [1.82, 2.24) is 9.88 Å². The maximum absolute atomic E-state index is 13.0. The van der Waals surface area contributed by atoms with Crippen molar-refractivity contribution in [3.63, 3.8) is 0 Å². The van der Waals surface area contributed by atoms with Crippen molar-refractivity contribution >= 4 is 5.82 Å². The van der Waals surface area contributed by atoms with Crippen LogP contribution in [-0.4, -0.2) is 43.1 Å². The summed E-state index contributed by atoms with van der Waals surface area (Å²) in [7, 11) is 2.06. The predicted molar refractivity (Wildman–Crippen MR) is 77.3 cm³/mol. The van der Waals surface area contributed by atoms with Crippen molar-refractivity contribution in [2.24, 2.45) is 5.92 Å². The van der Waals surface area contributed by atoms with Gasteiger partial charge in [-0.1, -0.05) is 6.92 Å². The van der Waals surface area contributed by atoms with Crippen LogP contribution in [0.5, 0.6) is 0 Å². The van der Waals surface area contributed by atoms with Crippen LogP contribution in [0.1, 0.15) is 25.3 Å².